The number of carboxylic acid groups (broad SMARTS) is 1. The molecule has 0 amide bonds. The monoisotopic (exact) mass is 479 g/mol. The number of rotatable bonds is 4. The van der Waals surface area contributed by atoms with Crippen molar-refractivity contribution in [1.29, 1.82) is 0 Å². The molecule has 0 radical (unpaired) electrons. The van der Waals surface area contributed by atoms with Crippen LogP contribution in [0.5, 0.6) is 0 Å². The van der Waals surface area contributed by atoms with Gasteiger partial charge < -0.3 is 14.6 Å². The molecule has 0 aliphatic carbocycles. The van der Waals surface area contributed by atoms with Crippen molar-refractivity contribution in [1.82, 2.24) is 9.55 Å². The molecule has 0 atom stereocenters. The van der Waals surface area contributed by atoms with Gasteiger partial charge in [-0.15, -0.1) is 0 Å². The lowest BCUT2D eigenvalue weighted by Gasteiger charge is -2.34. The second-order valence-electron chi connectivity index (χ2n) is 8.99. The van der Waals surface area contributed by atoms with E-state index in [1.807, 2.05) is 51.1 Å². The van der Waals surface area contributed by atoms with Gasteiger partial charge in [-0.25, -0.2) is 4.98 Å². The van der Waals surface area contributed by atoms with Gasteiger partial charge in [-0.2, -0.15) is 13.2 Å². The molecule has 0 bridgehead atoms. The van der Waals surface area contributed by atoms with Crippen LogP contribution in [0.2, 0.25) is 0 Å². The number of aliphatic carboxylic acids is 1. The van der Waals surface area contributed by atoms with Gasteiger partial charge in [0.05, 0.1) is 17.6 Å². The second-order valence-corrected chi connectivity index (χ2v) is 8.99. The van der Waals surface area contributed by atoms with Gasteiger partial charge in [0.2, 0.25) is 0 Å². The molecule has 1 N–H and O–H groups in total. The number of benzene rings is 2. The summed E-state index contributed by atoms with van der Waals surface area (Å²) in [5, 5.41) is 10.7. The Kier molecular flexibility index (Phi) is 5.34. The van der Waals surface area contributed by atoms with E-state index >= 15 is 0 Å². The molecule has 8 heteroatoms. The molecule has 2 aromatic heterocycles. The minimum Gasteiger partial charge on any atom is -0.481 e. The van der Waals surface area contributed by atoms with E-state index in [0.717, 1.165) is 44.9 Å². The van der Waals surface area contributed by atoms with Crippen LogP contribution in [-0.4, -0.2) is 27.2 Å². The Labute approximate surface area is 200 Å². The highest BCUT2D eigenvalue weighted by molar-refractivity contribution is 6.08. The standard InChI is InChI=1S/C27H24F3N3O2/c1-15-7-9-18(10-8-15)24-19(14-23(34)35)17(3)25-26-20(24)13-16(2)32(26)11-12-33(25)22-6-4-5-21(31-22)27(28,29)30/h4-10,13H,11-12,14H2,1-3H3,(H,34,35). The summed E-state index contributed by atoms with van der Waals surface area (Å²) in [6.07, 6.45) is -4.76. The molecule has 3 heterocycles. The zero-order valence-electron chi connectivity index (χ0n) is 19.6. The lowest BCUT2D eigenvalue weighted by atomic mass is 9.88. The molecule has 0 spiro atoms. The van der Waals surface area contributed by atoms with Crippen LogP contribution in [0.3, 0.4) is 0 Å². The minimum atomic E-state index is -4.56. The molecular formula is C27H24F3N3O2. The van der Waals surface area contributed by atoms with Crippen LogP contribution in [-0.2, 0) is 23.9 Å². The number of hydrogen-bond acceptors (Lipinski definition) is 3. The third-order valence-corrected chi connectivity index (χ3v) is 6.69. The van der Waals surface area contributed by atoms with Gasteiger partial charge in [0.1, 0.15) is 11.5 Å². The van der Waals surface area contributed by atoms with E-state index in [9.17, 15) is 23.1 Å². The molecule has 2 aromatic carbocycles. The first-order valence-corrected chi connectivity index (χ1v) is 11.3. The van der Waals surface area contributed by atoms with Crippen LogP contribution in [0.4, 0.5) is 24.7 Å². The highest BCUT2D eigenvalue weighted by Gasteiger charge is 2.34. The molecule has 0 unspecified atom stereocenters. The number of carbonyl (C=O) groups is 1. The molecule has 35 heavy (non-hydrogen) atoms. The highest BCUT2D eigenvalue weighted by atomic mass is 19.4. The van der Waals surface area contributed by atoms with Gasteiger partial charge >= 0.3 is 12.1 Å². The summed E-state index contributed by atoms with van der Waals surface area (Å²) >= 11 is 0. The molecule has 0 saturated heterocycles. The summed E-state index contributed by atoms with van der Waals surface area (Å²) in [6.45, 7) is 6.83. The fourth-order valence-corrected chi connectivity index (χ4v) is 5.11. The summed E-state index contributed by atoms with van der Waals surface area (Å²) in [5.41, 5.74) is 5.88. The average molecular weight is 480 g/mol. The molecule has 1 aliphatic rings. The highest BCUT2D eigenvalue weighted by Crippen LogP contribution is 2.46. The number of anilines is 2. The second kappa shape index (κ2) is 8.15. The van der Waals surface area contributed by atoms with Crippen molar-refractivity contribution in [2.45, 2.75) is 39.9 Å². The summed E-state index contributed by atoms with van der Waals surface area (Å²) in [7, 11) is 0. The van der Waals surface area contributed by atoms with E-state index in [0.29, 0.717) is 24.3 Å². The molecule has 1 aliphatic heterocycles. The SMILES string of the molecule is Cc1ccc(-c2c(CC(=O)O)c(C)c3c4c2cc(C)n4CCN3c2cccc(C(F)(F)F)n2)cc1. The van der Waals surface area contributed by atoms with Crippen LogP contribution in [0.1, 0.15) is 28.1 Å². The summed E-state index contributed by atoms with van der Waals surface area (Å²) in [4.78, 5) is 17.7. The number of pyridine rings is 1. The molecule has 5 rings (SSSR count). The molecule has 180 valence electrons. The summed E-state index contributed by atoms with van der Waals surface area (Å²) < 4.78 is 42.4. The number of aromatic nitrogens is 2. The van der Waals surface area contributed by atoms with Crippen molar-refractivity contribution >= 4 is 28.4 Å². The molecule has 0 saturated carbocycles. The fraction of sp³-hybridized carbons (Fsp3) is 0.259. The maximum absolute atomic E-state index is 13.4. The average Bonchev–Trinajstić information content (AvgIpc) is 3.14. The van der Waals surface area contributed by atoms with E-state index in [1.165, 1.54) is 6.07 Å². The van der Waals surface area contributed by atoms with Gasteiger partial charge in [-0.3, -0.25) is 4.79 Å². The van der Waals surface area contributed by atoms with Crippen LogP contribution in [0.15, 0.2) is 48.5 Å². The summed E-state index contributed by atoms with van der Waals surface area (Å²) in [5.74, 6) is -0.776. The third-order valence-electron chi connectivity index (χ3n) is 6.69. The topological polar surface area (TPSA) is 58.4 Å². The summed E-state index contributed by atoms with van der Waals surface area (Å²) in [6, 6.07) is 13.9. The number of hydrogen-bond donors (Lipinski definition) is 1. The lowest BCUT2D eigenvalue weighted by molar-refractivity contribution is -0.141. The third kappa shape index (κ3) is 3.83. The van der Waals surface area contributed by atoms with E-state index < -0.39 is 17.8 Å². The molecule has 5 nitrogen and oxygen atoms in total. The zero-order valence-corrected chi connectivity index (χ0v) is 19.6. The number of aryl methyl sites for hydroxylation is 2. The van der Waals surface area contributed by atoms with Gasteiger partial charge in [0.15, 0.2) is 0 Å². The van der Waals surface area contributed by atoms with Crippen molar-refractivity contribution in [2.75, 3.05) is 11.4 Å². The largest absolute Gasteiger partial charge is 0.481 e. The molecular weight excluding hydrogens is 455 g/mol. The Bertz CT molecular complexity index is 1470. The smallest absolute Gasteiger partial charge is 0.433 e. The van der Waals surface area contributed by atoms with Gasteiger partial charge in [-0.1, -0.05) is 35.9 Å². The Morgan fingerprint density at radius 2 is 1.77 bits per heavy atom. The first-order chi connectivity index (χ1) is 16.6. The van der Waals surface area contributed by atoms with E-state index in [1.54, 1.807) is 11.0 Å². The molecule has 4 aromatic rings. The Morgan fingerprint density at radius 1 is 1.06 bits per heavy atom. The fourth-order valence-electron chi connectivity index (χ4n) is 5.11. The lowest BCUT2D eigenvalue weighted by Crippen LogP contribution is -2.30. The number of nitrogens with zero attached hydrogens (tertiary/aromatic N) is 3. The van der Waals surface area contributed by atoms with Crippen molar-refractivity contribution in [3.63, 3.8) is 0 Å². The van der Waals surface area contributed by atoms with Gasteiger partial charge in [0.25, 0.3) is 0 Å². The number of halogens is 3. The van der Waals surface area contributed by atoms with Crippen LogP contribution in [0, 0.1) is 20.8 Å². The normalized spacial score (nSPS) is 13.5. The van der Waals surface area contributed by atoms with Crippen molar-refractivity contribution in [3.8, 4) is 11.1 Å². The van der Waals surface area contributed by atoms with Crippen molar-refractivity contribution in [3.05, 3.63) is 76.6 Å². The van der Waals surface area contributed by atoms with E-state index in [2.05, 4.69) is 9.55 Å². The maximum Gasteiger partial charge on any atom is 0.433 e. The predicted octanol–water partition coefficient (Wildman–Crippen LogP) is 6.43. The van der Waals surface area contributed by atoms with E-state index in [4.69, 9.17) is 0 Å². The Balaban J connectivity index is 1.83. The van der Waals surface area contributed by atoms with Crippen LogP contribution in [0.25, 0.3) is 22.0 Å². The van der Waals surface area contributed by atoms with E-state index in [-0.39, 0.29) is 12.2 Å². The van der Waals surface area contributed by atoms with Crippen molar-refractivity contribution in [2.24, 2.45) is 0 Å². The Hall–Kier alpha value is -3.81. The minimum absolute atomic E-state index is 0.193. The maximum atomic E-state index is 13.4. The zero-order chi connectivity index (χ0) is 25.1. The molecule has 0 fully saturated rings. The first-order valence-electron chi connectivity index (χ1n) is 11.3. The van der Waals surface area contributed by atoms with Crippen molar-refractivity contribution < 1.29 is 23.1 Å². The van der Waals surface area contributed by atoms with Gasteiger partial charge in [0, 0.05) is 24.2 Å². The number of carboxylic acids is 1. The van der Waals surface area contributed by atoms with Crippen LogP contribution < -0.4 is 4.90 Å². The predicted molar refractivity (Wildman–Crippen MR) is 129 cm³/mol. The van der Waals surface area contributed by atoms with Crippen LogP contribution >= 0.6 is 0 Å². The number of alkyl halides is 3. The Morgan fingerprint density at radius 3 is 2.43 bits per heavy atom. The first kappa shape index (κ1) is 23.0. The van der Waals surface area contributed by atoms with Gasteiger partial charge in [-0.05, 0) is 61.2 Å². The quantitative estimate of drug-likeness (QED) is 0.367.